The molecule has 0 saturated carbocycles. The van der Waals surface area contributed by atoms with Crippen molar-refractivity contribution in [1.82, 2.24) is 0 Å². The van der Waals surface area contributed by atoms with Crippen LogP contribution in [-0.2, 0) is 20.0 Å². The lowest BCUT2D eigenvalue weighted by Gasteiger charge is -2.28. The highest BCUT2D eigenvalue weighted by Crippen LogP contribution is 2.29. The minimum absolute atomic E-state index is 0.0730. The summed E-state index contributed by atoms with van der Waals surface area (Å²) in [5.41, 5.74) is 4.15. The van der Waals surface area contributed by atoms with Gasteiger partial charge >= 0.3 is 5.97 Å². The maximum Gasteiger partial charge on any atom is 0.315 e. The average Bonchev–Trinajstić information content (AvgIpc) is 2.39. The Labute approximate surface area is 117 Å². The van der Waals surface area contributed by atoms with Gasteiger partial charge in [0.2, 0.25) is 0 Å². The first-order valence-electron chi connectivity index (χ1n) is 6.17. The number of halogens is 1. The van der Waals surface area contributed by atoms with Crippen LogP contribution >= 0.6 is 0 Å². The predicted octanol–water partition coefficient (Wildman–Crippen LogP) is 0.932. The van der Waals surface area contributed by atoms with Gasteiger partial charge in [-0.3, -0.25) is 4.79 Å². The summed E-state index contributed by atoms with van der Waals surface area (Å²) in [6.07, 6.45) is -0.182. The fourth-order valence-electron chi connectivity index (χ4n) is 1.94. The van der Waals surface area contributed by atoms with E-state index in [-0.39, 0.29) is 30.0 Å². The Hall–Kier alpha value is -1.47. The minimum atomic E-state index is -3.33. The third kappa shape index (κ3) is 3.55. The van der Waals surface area contributed by atoms with E-state index >= 15 is 0 Å². The molecule has 1 unspecified atom stereocenters. The van der Waals surface area contributed by atoms with E-state index in [1.54, 1.807) is 0 Å². The Morgan fingerprint density at radius 1 is 1.45 bits per heavy atom. The summed E-state index contributed by atoms with van der Waals surface area (Å²) in [7, 11) is -3.33. The van der Waals surface area contributed by atoms with Crippen LogP contribution in [0.25, 0.3) is 0 Å². The van der Waals surface area contributed by atoms with E-state index in [0.717, 1.165) is 6.07 Å². The number of hydrogen-bond donors (Lipinski definition) is 2. The van der Waals surface area contributed by atoms with Crippen molar-refractivity contribution in [3.8, 4) is 0 Å². The molecule has 0 heterocycles. The van der Waals surface area contributed by atoms with Crippen molar-refractivity contribution in [1.29, 1.82) is 0 Å². The minimum Gasteiger partial charge on any atom is -0.481 e. The highest BCUT2D eigenvalue weighted by atomic mass is 32.2. The Kier molecular flexibility index (Phi) is 5.24. The Morgan fingerprint density at radius 2 is 2.10 bits per heavy atom. The molecule has 0 aromatic heterocycles. The lowest BCUT2D eigenvalue weighted by Crippen LogP contribution is -2.44. The van der Waals surface area contributed by atoms with Gasteiger partial charge in [0.25, 0.3) is 0 Å². The normalized spacial score (nSPS) is 14.8. The summed E-state index contributed by atoms with van der Waals surface area (Å²) in [6.45, 7) is 1.19. The zero-order chi connectivity index (χ0) is 15.4. The van der Waals surface area contributed by atoms with Crippen molar-refractivity contribution in [3.63, 3.8) is 0 Å². The van der Waals surface area contributed by atoms with Gasteiger partial charge in [0.15, 0.2) is 0 Å². The summed E-state index contributed by atoms with van der Waals surface area (Å²) >= 11 is 0. The van der Waals surface area contributed by atoms with Crippen LogP contribution in [0.2, 0.25) is 0 Å². The Bertz CT molecular complexity index is 588. The molecular weight excluding hydrogens is 285 g/mol. The van der Waals surface area contributed by atoms with Crippen LogP contribution in [-0.4, -0.2) is 37.5 Å². The number of carbonyl (C=O) groups is 1. The monoisotopic (exact) mass is 303 g/mol. The number of rotatable bonds is 7. The van der Waals surface area contributed by atoms with Gasteiger partial charge in [-0.25, -0.2) is 12.8 Å². The van der Waals surface area contributed by atoms with E-state index < -0.39 is 27.0 Å². The number of aliphatic carboxylic acids is 1. The maximum absolute atomic E-state index is 13.3. The lowest BCUT2D eigenvalue weighted by molar-refractivity contribution is -0.143. The molecule has 0 radical (unpaired) electrons. The number of nitrogens with two attached hydrogens (primary N) is 1. The first kappa shape index (κ1) is 16.6. The van der Waals surface area contributed by atoms with Crippen LogP contribution in [0.15, 0.2) is 24.3 Å². The van der Waals surface area contributed by atoms with Crippen LogP contribution in [0, 0.1) is 5.82 Å². The Morgan fingerprint density at radius 3 is 2.55 bits per heavy atom. The molecule has 0 saturated heterocycles. The van der Waals surface area contributed by atoms with Crippen LogP contribution < -0.4 is 5.73 Å². The first-order valence-corrected chi connectivity index (χ1v) is 7.99. The molecule has 3 N–H and O–H groups in total. The molecule has 0 amide bonds. The van der Waals surface area contributed by atoms with Crippen molar-refractivity contribution in [2.45, 2.75) is 18.8 Å². The van der Waals surface area contributed by atoms with Crippen LogP contribution in [0.1, 0.15) is 18.9 Å². The van der Waals surface area contributed by atoms with Crippen LogP contribution in [0.5, 0.6) is 0 Å². The van der Waals surface area contributed by atoms with Gasteiger partial charge in [-0.15, -0.1) is 0 Å². The average molecular weight is 303 g/mol. The second kappa shape index (κ2) is 6.32. The molecule has 1 aromatic rings. The fraction of sp³-hybridized carbons (Fsp3) is 0.462. The lowest BCUT2D eigenvalue weighted by atomic mass is 9.78. The maximum atomic E-state index is 13.3. The Balaban J connectivity index is 3.20. The molecule has 1 atom stereocenters. The number of benzene rings is 1. The van der Waals surface area contributed by atoms with Crippen molar-refractivity contribution in [2.75, 3.05) is 18.1 Å². The molecule has 0 aliphatic carbocycles. The van der Waals surface area contributed by atoms with Gasteiger partial charge in [-0.2, -0.15) is 0 Å². The molecular formula is C13H18FNO4S. The first-order chi connectivity index (χ1) is 9.27. The standard InChI is InChI=1S/C13H18FNO4S/c1-2-20(18,19)7-6-13(9-15,12(16)17)10-4-3-5-11(14)8-10/h3-5,8H,2,6-7,9,15H2,1H3,(H,16,17). The van der Waals surface area contributed by atoms with Gasteiger partial charge in [0.05, 0.1) is 5.75 Å². The molecule has 20 heavy (non-hydrogen) atoms. The van der Waals surface area contributed by atoms with E-state index in [9.17, 15) is 22.7 Å². The zero-order valence-electron chi connectivity index (χ0n) is 11.2. The van der Waals surface area contributed by atoms with Crippen LogP contribution in [0.4, 0.5) is 4.39 Å². The largest absolute Gasteiger partial charge is 0.481 e. The van der Waals surface area contributed by atoms with E-state index in [1.807, 2.05) is 0 Å². The van der Waals surface area contributed by atoms with Gasteiger partial charge < -0.3 is 10.8 Å². The van der Waals surface area contributed by atoms with Crippen molar-refractivity contribution < 1.29 is 22.7 Å². The third-order valence-corrected chi connectivity index (χ3v) is 5.12. The summed E-state index contributed by atoms with van der Waals surface area (Å²) < 4.78 is 36.4. The molecule has 0 aliphatic heterocycles. The second-order valence-corrected chi connectivity index (χ2v) is 7.06. The molecule has 1 rings (SSSR count). The summed E-state index contributed by atoms with van der Waals surface area (Å²) in [5.74, 6) is -2.21. The molecule has 7 heteroatoms. The summed E-state index contributed by atoms with van der Waals surface area (Å²) in [4.78, 5) is 11.6. The molecule has 0 aliphatic rings. The van der Waals surface area contributed by atoms with Crippen LogP contribution in [0.3, 0.4) is 0 Å². The highest BCUT2D eigenvalue weighted by molar-refractivity contribution is 7.91. The fourth-order valence-corrected chi connectivity index (χ4v) is 2.89. The van der Waals surface area contributed by atoms with Gasteiger partial charge in [0, 0.05) is 12.3 Å². The van der Waals surface area contributed by atoms with Gasteiger partial charge in [0.1, 0.15) is 21.1 Å². The number of hydrogen-bond acceptors (Lipinski definition) is 4. The van der Waals surface area contributed by atoms with Gasteiger partial charge in [-0.1, -0.05) is 19.1 Å². The molecule has 5 nitrogen and oxygen atoms in total. The van der Waals surface area contributed by atoms with E-state index in [2.05, 4.69) is 0 Å². The molecule has 0 fully saturated rings. The predicted molar refractivity (Wildman–Crippen MR) is 73.7 cm³/mol. The highest BCUT2D eigenvalue weighted by Gasteiger charge is 2.40. The van der Waals surface area contributed by atoms with E-state index in [1.165, 1.54) is 25.1 Å². The molecule has 0 spiro atoms. The molecule has 1 aromatic carbocycles. The topological polar surface area (TPSA) is 97.5 Å². The summed E-state index contributed by atoms with van der Waals surface area (Å²) in [5, 5.41) is 9.44. The smallest absolute Gasteiger partial charge is 0.315 e. The quantitative estimate of drug-likeness (QED) is 0.781. The van der Waals surface area contributed by atoms with Gasteiger partial charge in [-0.05, 0) is 24.1 Å². The van der Waals surface area contributed by atoms with Crippen molar-refractivity contribution in [2.24, 2.45) is 5.73 Å². The zero-order valence-corrected chi connectivity index (χ0v) is 12.0. The SMILES string of the molecule is CCS(=O)(=O)CCC(CN)(C(=O)O)c1cccc(F)c1. The second-order valence-electron chi connectivity index (χ2n) is 4.59. The molecule has 112 valence electrons. The molecule has 0 bridgehead atoms. The number of sulfone groups is 1. The summed E-state index contributed by atoms with van der Waals surface area (Å²) in [6, 6.07) is 5.10. The van der Waals surface area contributed by atoms with Crippen molar-refractivity contribution >= 4 is 15.8 Å². The third-order valence-electron chi connectivity index (χ3n) is 3.41. The van der Waals surface area contributed by atoms with E-state index in [4.69, 9.17) is 5.73 Å². The number of carboxylic acid groups (broad SMARTS) is 1. The van der Waals surface area contributed by atoms with E-state index in [0.29, 0.717) is 0 Å². The number of carboxylic acids is 1. The van der Waals surface area contributed by atoms with Crippen molar-refractivity contribution in [3.05, 3.63) is 35.6 Å².